The summed E-state index contributed by atoms with van der Waals surface area (Å²) in [7, 11) is 1.40. The highest BCUT2D eigenvalue weighted by atomic mass is 35.5. The lowest BCUT2D eigenvalue weighted by atomic mass is 10.2. The molecule has 4 nitrogen and oxygen atoms in total. The summed E-state index contributed by atoms with van der Waals surface area (Å²) in [6.07, 6.45) is 1.03. The number of fused-ring (bicyclic) bond motifs is 1. The minimum absolute atomic E-state index is 0.216. The summed E-state index contributed by atoms with van der Waals surface area (Å²) in [6, 6.07) is 6.05. The molecule has 19 heavy (non-hydrogen) atoms. The summed E-state index contributed by atoms with van der Waals surface area (Å²) >= 11 is 5.82. The van der Waals surface area contributed by atoms with Crippen molar-refractivity contribution < 1.29 is 9.53 Å². The van der Waals surface area contributed by atoms with Crippen molar-refractivity contribution in [2.24, 2.45) is 0 Å². The van der Waals surface area contributed by atoms with Crippen LogP contribution in [0.3, 0.4) is 0 Å². The lowest BCUT2D eigenvalue weighted by Gasteiger charge is -2.07. The van der Waals surface area contributed by atoms with Gasteiger partial charge in [-0.2, -0.15) is 0 Å². The van der Waals surface area contributed by atoms with E-state index in [-0.39, 0.29) is 5.97 Å². The van der Waals surface area contributed by atoms with E-state index in [9.17, 15) is 4.79 Å². The molecule has 0 unspecified atom stereocenters. The number of carbonyl (C=O) groups excluding carboxylic acids is 1. The molecule has 0 radical (unpaired) electrons. The Bertz CT molecular complexity index is 592. The Morgan fingerprint density at radius 2 is 2.26 bits per heavy atom. The SMILES string of the molecule is COC(=O)CCn1c(CCCl)nc2c(C)cccc21. The molecule has 0 atom stereocenters. The van der Waals surface area contributed by atoms with Gasteiger partial charge in [0.1, 0.15) is 5.82 Å². The van der Waals surface area contributed by atoms with Gasteiger partial charge < -0.3 is 9.30 Å². The highest BCUT2D eigenvalue weighted by molar-refractivity contribution is 6.17. The summed E-state index contributed by atoms with van der Waals surface area (Å²) in [5, 5.41) is 0. The average molecular weight is 281 g/mol. The highest BCUT2D eigenvalue weighted by Crippen LogP contribution is 2.20. The molecule has 0 bridgehead atoms. The van der Waals surface area contributed by atoms with E-state index in [2.05, 4.69) is 14.3 Å². The van der Waals surface area contributed by atoms with Crippen LogP contribution in [0.4, 0.5) is 0 Å². The molecule has 0 saturated heterocycles. The second kappa shape index (κ2) is 6.06. The second-order valence-corrected chi connectivity index (χ2v) is 4.77. The van der Waals surface area contributed by atoms with E-state index in [1.54, 1.807) is 0 Å². The van der Waals surface area contributed by atoms with Crippen LogP contribution in [0.5, 0.6) is 0 Å². The number of esters is 1. The molecule has 0 aliphatic carbocycles. The van der Waals surface area contributed by atoms with Crippen LogP contribution in [-0.4, -0.2) is 28.5 Å². The molecule has 0 aliphatic heterocycles. The number of imidazole rings is 1. The van der Waals surface area contributed by atoms with Crippen LogP contribution in [0.25, 0.3) is 11.0 Å². The minimum Gasteiger partial charge on any atom is -0.469 e. The normalized spacial score (nSPS) is 10.9. The van der Waals surface area contributed by atoms with Gasteiger partial charge in [0, 0.05) is 18.8 Å². The largest absolute Gasteiger partial charge is 0.469 e. The first-order valence-corrected chi connectivity index (χ1v) is 6.78. The first-order valence-electron chi connectivity index (χ1n) is 6.25. The topological polar surface area (TPSA) is 44.1 Å². The highest BCUT2D eigenvalue weighted by Gasteiger charge is 2.12. The van der Waals surface area contributed by atoms with Gasteiger partial charge in [0.05, 0.1) is 24.6 Å². The minimum atomic E-state index is -0.216. The molecule has 0 aliphatic rings. The molecule has 2 rings (SSSR count). The van der Waals surface area contributed by atoms with Crippen molar-refractivity contribution in [1.29, 1.82) is 0 Å². The fourth-order valence-electron chi connectivity index (χ4n) is 2.17. The Morgan fingerprint density at radius 1 is 1.47 bits per heavy atom. The van der Waals surface area contributed by atoms with E-state index in [0.717, 1.165) is 22.4 Å². The number of benzene rings is 1. The van der Waals surface area contributed by atoms with Crippen LogP contribution in [0.2, 0.25) is 0 Å². The molecule has 102 valence electrons. The van der Waals surface area contributed by atoms with Gasteiger partial charge in [-0.25, -0.2) is 4.98 Å². The Balaban J connectivity index is 2.40. The fraction of sp³-hybridized carbons (Fsp3) is 0.429. The van der Waals surface area contributed by atoms with Crippen LogP contribution in [0.1, 0.15) is 17.8 Å². The molecule has 1 aromatic carbocycles. The van der Waals surface area contributed by atoms with Gasteiger partial charge in [0.15, 0.2) is 0 Å². The zero-order chi connectivity index (χ0) is 13.8. The molecule has 0 amide bonds. The molecule has 2 aromatic rings. The van der Waals surface area contributed by atoms with Crippen molar-refractivity contribution in [3.63, 3.8) is 0 Å². The number of hydrogen-bond donors (Lipinski definition) is 0. The van der Waals surface area contributed by atoms with Crippen LogP contribution in [-0.2, 0) is 22.5 Å². The van der Waals surface area contributed by atoms with Crippen molar-refractivity contribution in [3.05, 3.63) is 29.6 Å². The third-order valence-electron chi connectivity index (χ3n) is 3.14. The quantitative estimate of drug-likeness (QED) is 0.625. The zero-order valence-electron chi connectivity index (χ0n) is 11.1. The van der Waals surface area contributed by atoms with Crippen molar-refractivity contribution >= 4 is 28.6 Å². The van der Waals surface area contributed by atoms with Gasteiger partial charge >= 0.3 is 5.97 Å². The predicted molar refractivity (Wildman–Crippen MR) is 75.5 cm³/mol. The summed E-state index contributed by atoms with van der Waals surface area (Å²) in [4.78, 5) is 15.9. The number of halogens is 1. The number of aryl methyl sites for hydroxylation is 3. The third kappa shape index (κ3) is 2.89. The first-order chi connectivity index (χ1) is 9.17. The lowest BCUT2D eigenvalue weighted by Crippen LogP contribution is -2.10. The van der Waals surface area contributed by atoms with E-state index in [1.807, 2.05) is 25.1 Å². The number of para-hydroxylation sites is 1. The Hall–Kier alpha value is -1.55. The first kappa shape index (κ1) is 13.9. The number of nitrogens with zero attached hydrogens (tertiary/aromatic N) is 2. The predicted octanol–water partition coefficient (Wildman–Crippen LogP) is 2.69. The van der Waals surface area contributed by atoms with Gasteiger partial charge in [-0.05, 0) is 18.6 Å². The van der Waals surface area contributed by atoms with Crippen LogP contribution >= 0.6 is 11.6 Å². The van der Waals surface area contributed by atoms with Crippen molar-refractivity contribution in [2.45, 2.75) is 26.3 Å². The number of hydrogen-bond acceptors (Lipinski definition) is 3. The van der Waals surface area contributed by atoms with Crippen molar-refractivity contribution in [3.8, 4) is 0 Å². The molecule has 0 fully saturated rings. The van der Waals surface area contributed by atoms with Crippen molar-refractivity contribution in [2.75, 3.05) is 13.0 Å². The number of aromatic nitrogens is 2. The molecule has 0 spiro atoms. The van der Waals surface area contributed by atoms with Crippen LogP contribution in [0, 0.1) is 6.92 Å². The number of ether oxygens (including phenoxy) is 1. The second-order valence-electron chi connectivity index (χ2n) is 4.39. The lowest BCUT2D eigenvalue weighted by molar-refractivity contribution is -0.140. The van der Waals surface area contributed by atoms with Crippen LogP contribution in [0.15, 0.2) is 18.2 Å². The zero-order valence-corrected chi connectivity index (χ0v) is 11.9. The average Bonchev–Trinajstić information content (AvgIpc) is 2.76. The fourth-order valence-corrected chi connectivity index (χ4v) is 2.33. The van der Waals surface area contributed by atoms with E-state index in [1.165, 1.54) is 7.11 Å². The van der Waals surface area contributed by atoms with Gasteiger partial charge in [-0.15, -0.1) is 11.6 Å². The summed E-state index contributed by atoms with van der Waals surface area (Å²) in [6.45, 7) is 2.60. The smallest absolute Gasteiger partial charge is 0.307 e. The summed E-state index contributed by atoms with van der Waals surface area (Å²) in [5.74, 6) is 1.22. The van der Waals surface area contributed by atoms with Crippen LogP contribution < -0.4 is 0 Å². The number of rotatable bonds is 5. The summed E-state index contributed by atoms with van der Waals surface area (Å²) < 4.78 is 6.74. The standard InChI is InChI=1S/C14H17ClN2O2/c1-10-4-3-5-11-14(10)16-12(6-8-15)17(11)9-7-13(18)19-2/h3-5H,6-9H2,1-2H3. The molecule has 5 heteroatoms. The molecule has 1 aromatic heterocycles. The number of carbonyl (C=O) groups is 1. The molecule has 0 saturated carbocycles. The van der Waals surface area contributed by atoms with E-state index in [0.29, 0.717) is 25.3 Å². The molecular formula is C14H17ClN2O2. The Kier molecular flexibility index (Phi) is 4.43. The Labute approximate surface area is 117 Å². The van der Waals surface area contributed by atoms with Gasteiger partial charge in [0.25, 0.3) is 0 Å². The summed E-state index contributed by atoms with van der Waals surface area (Å²) in [5.41, 5.74) is 3.15. The van der Waals surface area contributed by atoms with E-state index < -0.39 is 0 Å². The maximum Gasteiger partial charge on any atom is 0.307 e. The molecule has 1 heterocycles. The monoisotopic (exact) mass is 280 g/mol. The third-order valence-corrected chi connectivity index (χ3v) is 3.33. The van der Waals surface area contributed by atoms with E-state index >= 15 is 0 Å². The number of alkyl halides is 1. The maximum absolute atomic E-state index is 11.3. The van der Waals surface area contributed by atoms with Gasteiger partial charge in [0.2, 0.25) is 0 Å². The molecule has 0 N–H and O–H groups in total. The van der Waals surface area contributed by atoms with Gasteiger partial charge in [-0.1, -0.05) is 12.1 Å². The number of methoxy groups -OCH3 is 1. The molecular weight excluding hydrogens is 264 g/mol. The van der Waals surface area contributed by atoms with Crippen molar-refractivity contribution in [1.82, 2.24) is 9.55 Å². The van der Waals surface area contributed by atoms with E-state index in [4.69, 9.17) is 11.6 Å². The Morgan fingerprint density at radius 3 is 2.95 bits per heavy atom. The van der Waals surface area contributed by atoms with Gasteiger partial charge in [-0.3, -0.25) is 4.79 Å². The maximum atomic E-state index is 11.3.